The van der Waals surface area contributed by atoms with E-state index in [0.717, 1.165) is 62.2 Å². The number of para-hydroxylation sites is 3. The first kappa shape index (κ1) is 61.1. The number of rotatable bonds is 8. The van der Waals surface area contributed by atoms with Crippen LogP contribution in [0.4, 0.5) is 17.1 Å². The SMILES string of the molecule is COc1ccc(N(c2ccc(OC)cc2)c2ccc3c(c2)C2(c4cc(C(C)(C)C)ccc4-c4ccc(C(C)(C)C)cc42)c2cc4c(cc2-3)C2(c3cc(-c5ccc(-c6nc7ccccc7n6-c6ccccc6)cc5)ccc3-4)c3cc(C(C)(C)C)ccc3-c3ccc(C(C)(C)C)cc32)cc1. The summed E-state index contributed by atoms with van der Waals surface area (Å²) in [5.74, 6) is 2.54. The molecule has 0 radical (unpaired) electrons. The van der Waals surface area contributed by atoms with Crippen LogP contribution in [0.2, 0.25) is 0 Å². The van der Waals surface area contributed by atoms with Crippen LogP contribution < -0.4 is 14.4 Å². The van der Waals surface area contributed by atoms with Crippen LogP contribution in [0.25, 0.3) is 83.7 Å². The summed E-state index contributed by atoms with van der Waals surface area (Å²) in [5.41, 5.74) is 33.8. The molecule has 4 aliphatic carbocycles. The quantitative estimate of drug-likeness (QED) is 0.152. The molecular formula is C93H83N3O2. The summed E-state index contributed by atoms with van der Waals surface area (Å²) < 4.78 is 13.9. The van der Waals surface area contributed by atoms with Crippen LogP contribution in [-0.4, -0.2) is 23.8 Å². The van der Waals surface area contributed by atoms with Crippen molar-refractivity contribution in [3.8, 4) is 84.2 Å². The van der Waals surface area contributed by atoms with E-state index >= 15 is 0 Å². The number of hydrogen-bond acceptors (Lipinski definition) is 4. The molecule has 0 aliphatic heterocycles. The van der Waals surface area contributed by atoms with E-state index in [1.807, 2.05) is 0 Å². The second-order valence-corrected chi connectivity index (χ2v) is 31.9. The van der Waals surface area contributed by atoms with Gasteiger partial charge in [-0.05, 0) is 247 Å². The average Bonchev–Trinajstić information content (AvgIpc) is 1.49. The van der Waals surface area contributed by atoms with Crippen molar-refractivity contribution < 1.29 is 9.47 Å². The number of aromatic nitrogens is 2. The topological polar surface area (TPSA) is 39.5 Å². The van der Waals surface area contributed by atoms with Crippen molar-refractivity contribution in [1.29, 1.82) is 0 Å². The molecule has 12 aromatic carbocycles. The molecule has 0 saturated heterocycles. The Balaban J connectivity index is 0.964. The Morgan fingerprint density at radius 2 is 0.653 bits per heavy atom. The Labute approximate surface area is 578 Å². The maximum absolute atomic E-state index is 5.78. The summed E-state index contributed by atoms with van der Waals surface area (Å²) in [4.78, 5) is 7.69. The van der Waals surface area contributed by atoms with Crippen molar-refractivity contribution >= 4 is 28.1 Å². The summed E-state index contributed by atoms with van der Waals surface area (Å²) >= 11 is 0. The van der Waals surface area contributed by atoms with Crippen molar-refractivity contribution in [2.75, 3.05) is 19.1 Å². The van der Waals surface area contributed by atoms with E-state index in [9.17, 15) is 0 Å². The molecular weight excluding hydrogens is 1190 g/mol. The molecule has 5 nitrogen and oxygen atoms in total. The number of methoxy groups -OCH3 is 2. The van der Waals surface area contributed by atoms with E-state index in [1.54, 1.807) is 14.2 Å². The van der Waals surface area contributed by atoms with Crippen LogP contribution in [0.5, 0.6) is 11.5 Å². The first-order chi connectivity index (χ1) is 47.0. The van der Waals surface area contributed by atoms with E-state index in [2.05, 4.69) is 341 Å². The fourth-order valence-corrected chi connectivity index (χ4v) is 16.9. The molecule has 0 saturated carbocycles. The lowest BCUT2D eigenvalue weighted by molar-refractivity contribution is 0.415. The number of ether oxygens (including phenoxy) is 2. The Morgan fingerprint density at radius 1 is 0.306 bits per heavy atom. The van der Waals surface area contributed by atoms with Crippen molar-refractivity contribution in [2.24, 2.45) is 0 Å². The molecule has 0 N–H and O–H groups in total. The molecule has 13 aromatic rings. The zero-order valence-electron chi connectivity index (χ0n) is 58.8. The van der Waals surface area contributed by atoms with Gasteiger partial charge in [0.05, 0.1) is 36.1 Å². The van der Waals surface area contributed by atoms with E-state index in [0.29, 0.717) is 0 Å². The minimum absolute atomic E-state index is 0.121. The lowest BCUT2D eigenvalue weighted by atomic mass is 9.67. The van der Waals surface area contributed by atoms with Crippen molar-refractivity contribution in [3.05, 3.63) is 315 Å². The molecule has 4 aliphatic rings. The van der Waals surface area contributed by atoms with Gasteiger partial charge in [-0.3, -0.25) is 4.57 Å². The number of nitrogens with zero attached hydrogens (tertiary/aromatic N) is 3. The number of imidazole rings is 1. The van der Waals surface area contributed by atoms with Gasteiger partial charge in [0.15, 0.2) is 0 Å². The maximum atomic E-state index is 5.78. The molecule has 1 aromatic heterocycles. The van der Waals surface area contributed by atoms with Gasteiger partial charge >= 0.3 is 0 Å². The first-order valence-corrected chi connectivity index (χ1v) is 34.8. The number of fused-ring (bicyclic) bond motifs is 21. The lowest BCUT2D eigenvalue weighted by Crippen LogP contribution is -2.29. The molecule has 0 amide bonds. The van der Waals surface area contributed by atoms with Gasteiger partial charge in [-0.15, -0.1) is 0 Å². The highest BCUT2D eigenvalue weighted by Crippen LogP contribution is 2.69. The van der Waals surface area contributed by atoms with Gasteiger partial charge in [-0.25, -0.2) is 4.98 Å². The van der Waals surface area contributed by atoms with E-state index in [-0.39, 0.29) is 21.7 Å². The van der Waals surface area contributed by atoms with Crippen LogP contribution in [0.15, 0.2) is 249 Å². The van der Waals surface area contributed by atoms with E-state index in [1.165, 1.54) is 117 Å². The van der Waals surface area contributed by atoms with Crippen LogP contribution in [0.1, 0.15) is 150 Å². The summed E-state index contributed by atoms with van der Waals surface area (Å²) in [6.07, 6.45) is 0. The summed E-state index contributed by atoms with van der Waals surface area (Å²) in [6.45, 7) is 28.4. The van der Waals surface area contributed by atoms with Gasteiger partial charge in [0.2, 0.25) is 0 Å². The Hall–Kier alpha value is -10.5. The van der Waals surface area contributed by atoms with Gasteiger partial charge in [0, 0.05) is 28.3 Å². The Morgan fingerprint density at radius 3 is 1.09 bits per heavy atom. The Bertz CT molecular complexity index is 5250. The zero-order valence-corrected chi connectivity index (χ0v) is 58.8. The predicted octanol–water partition coefficient (Wildman–Crippen LogP) is 23.7. The average molecular weight is 1270 g/mol. The van der Waals surface area contributed by atoms with E-state index < -0.39 is 10.8 Å². The molecule has 0 unspecified atom stereocenters. The highest BCUT2D eigenvalue weighted by atomic mass is 16.5. The third-order valence-electron chi connectivity index (χ3n) is 22.1. The number of anilines is 3. The van der Waals surface area contributed by atoms with Gasteiger partial charge in [-0.1, -0.05) is 229 Å². The molecule has 17 rings (SSSR count). The van der Waals surface area contributed by atoms with Gasteiger partial charge in [0.25, 0.3) is 0 Å². The fraction of sp³-hybridized carbons (Fsp3) is 0.215. The van der Waals surface area contributed by atoms with Crippen LogP contribution in [0.3, 0.4) is 0 Å². The minimum Gasteiger partial charge on any atom is -0.497 e. The highest BCUT2D eigenvalue weighted by Gasteiger charge is 2.57. The molecule has 0 fully saturated rings. The predicted molar refractivity (Wildman–Crippen MR) is 407 cm³/mol. The summed E-state index contributed by atoms with van der Waals surface area (Å²) in [5, 5.41) is 0. The second-order valence-electron chi connectivity index (χ2n) is 31.9. The second kappa shape index (κ2) is 21.5. The number of benzene rings is 12. The van der Waals surface area contributed by atoms with Crippen molar-refractivity contribution in [2.45, 2.75) is 116 Å². The number of hydrogen-bond donors (Lipinski definition) is 0. The first-order valence-electron chi connectivity index (χ1n) is 34.8. The monoisotopic (exact) mass is 1270 g/mol. The molecule has 0 atom stereocenters. The van der Waals surface area contributed by atoms with Gasteiger partial charge in [-0.2, -0.15) is 0 Å². The molecule has 2 spiro atoms. The Kier molecular flexibility index (Phi) is 13.4. The van der Waals surface area contributed by atoms with Crippen LogP contribution >= 0.6 is 0 Å². The molecule has 98 heavy (non-hydrogen) atoms. The third kappa shape index (κ3) is 9.00. The van der Waals surface area contributed by atoms with Crippen LogP contribution in [-0.2, 0) is 32.5 Å². The van der Waals surface area contributed by atoms with Crippen molar-refractivity contribution in [1.82, 2.24) is 9.55 Å². The normalized spacial score (nSPS) is 14.2. The summed E-state index contributed by atoms with van der Waals surface area (Å²) in [7, 11) is 3.47. The molecule has 0 bridgehead atoms. The molecule has 482 valence electrons. The fourth-order valence-electron chi connectivity index (χ4n) is 16.9. The maximum Gasteiger partial charge on any atom is 0.145 e. The lowest BCUT2D eigenvalue weighted by Gasteiger charge is -2.35. The van der Waals surface area contributed by atoms with Gasteiger partial charge in [0.1, 0.15) is 17.3 Å². The highest BCUT2D eigenvalue weighted by molar-refractivity contribution is 6.03. The summed E-state index contributed by atoms with van der Waals surface area (Å²) in [6, 6.07) is 95.1. The van der Waals surface area contributed by atoms with E-state index in [4.69, 9.17) is 14.5 Å². The molecule has 5 heteroatoms. The smallest absolute Gasteiger partial charge is 0.145 e. The van der Waals surface area contributed by atoms with Crippen molar-refractivity contribution in [3.63, 3.8) is 0 Å². The molecule has 1 heterocycles. The van der Waals surface area contributed by atoms with Gasteiger partial charge < -0.3 is 14.4 Å². The van der Waals surface area contributed by atoms with Crippen LogP contribution in [0, 0.1) is 0 Å². The zero-order chi connectivity index (χ0) is 67.7. The largest absolute Gasteiger partial charge is 0.497 e. The standard InChI is InChI=1S/C93H83N3O2/c1-88(2,3)59-29-43-69-70-44-30-60(89(4,5)6)50-79(70)92(78(69)49-59)77-48-58(56-24-26-57(27-25-56)87-94-85-22-18-19-23-86(85)96(87)63-20-16-15-17-21-63)28-42-73(77)75-54-84-76(55-83(75)92)74-47-37-66(95(64-33-38-67(97-13)39-34-64)65-35-40-68(98-14)41-36-65)53-82(74)93(84)80-51-61(90(7,8)9)31-45-71(80)72-46-32-62(52-81(72)93)91(10,11)12/h15-55H,1-14H3. The minimum atomic E-state index is -0.739. The third-order valence-corrected chi connectivity index (χ3v) is 22.1.